The maximum absolute atomic E-state index is 12.5. The van der Waals surface area contributed by atoms with Gasteiger partial charge in [-0.2, -0.15) is 0 Å². The van der Waals surface area contributed by atoms with Crippen molar-refractivity contribution in [3.63, 3.8) is 0 Å². The number of piperidine rings is 1. The average molecular weight is 474 g/mol. The zero-order valence-electron chi connectivity index (χ0n) is 19.5. The number of hydrogen-bond acceptors (Lipinski definition) is 6. The maximum Gasteiger partial charge on any atom is 0.342 e. The number of likely N-dealkylation sites (tertiary alicyclic amines) is 1. The highest BCUT2D eigenvalue weighted by atomic mass is 35.5. The third-order valence-corrected chi connectivity index (χ3v) is 6.27. The van der Waals surface area contributed by atoms with Gasteiger partial charge in [-0.05, 0) is 56.7 Å². The molecule has 33 heavy (non-hydrogen) atoms. The Labute approximate surface area is 200 Å². The molecule has 178 valence electrons. The molecule has 0 aliphatic carbocycles. The van der Waals surface area contributed by atoms with Crippen LogP contribution in [0.15, 0.2) is 42.5 Å². The molecule has 2 aromatic rings. The summed E-state index contributed by atoms with van der Waals surface area (Å²) in [6.45, 7) is 7.76. The molecule has 0 radical (unpaired) electrons. The van der Waals surface area contributed by atoms with E-state index in [4.69, 9.17) is 25.8 Å². The molecule has 2 aliphatic rings. The van der Waals surface area contributed by atoms with Gasteiger partial charge in [-0.3, -0.25) is 0 Å². The molecule has 2 heterocycles. The summed E-state index contributed by atoms with van der Waals surface area (Å²) in [4.78, 5) is 14.7. The van der Waals surface area contributed by atoms with E-state index in [1.165, 1.54) is 5.56 Å². The van der Waals surface area contributed by atoms with Crippen molar-refractivity contribution < 1.29 is 24.1 Å². The summed E-state index contributed by atoms with van der Waals surface area (Å²) < 4.78 is 17.6. The van der Waals surface area contributed by atoms with Gasteiger partial charge in [0.25, 0.3) is 0 Å². The van der Waals surface area contributed by atoms with Gasteiger partial charge in [-0.15, -0.1) is 0 Å². The molecule has 7 heteroatoms. The van der Waals surface area contributed by atoms with Crippen molar-refractivity contribution in [2.45, 2.75) is 57.3 Å². The summed E-state index contributed by atoms with van der Waals surface area (Å²) in [6.07, 6.45) is 2.00. The molecular formula is C26H32ClNO5. The molecule has 1 saturated heterocycles. The van der Waals surface area contributed by atoms with Gasteiger partial charge < -0.3 is 24.2 Å². The fraction of sp³-hybridized carbons (Fsp3) is 0.500. The second kappa shape index (κ2) is 9.53. The Bertz CT molecular complexity index is 994. The molecular weight excluding hydrogens is 442 g/mol. The molecule has 1 N–H and O–H groups in total. The largest absolute Gasteiger partial charge is 0.490 e. The van der Waals surface area contributed by atoms with Crippen LogP contribution >= 0.6 is 11.6 Å². The van der Waals surface area contributed by atoms with Gasteiger partial charge >= 0.3 is 5.97 Å². The van der Waals surface area contributed by atoms with Crippen LogP contribution in [0.2, 0.25) is 5.02 Å². The maximum atomic E-state index is 12.5. The highest BCUT2D eigenvalue weighted by Crippen LogP contribution is 2.41. The van der Waals surface area contributed by atoms with Crippen LogP contribution < -0.4 is 9.47 Å². The summed E-state index contributed by atoms with van der Waals surface area (Å²) in [5.74, 6) is 0.914. The monoisotopic (exact) mass is 473 g/mol. The molecule has 0 aromatic heterocycles. The Hall–Kier alpha value is -2.28. The lowest BCUT2D eigenvalue weighted by Gasteiger charge is -2.39. The summed E-state index contributed by atoms with van der Waals surface area (Å²) in [5.41, 5.74) is 0.772. The number of aliphatic hydroxyl groups excluding tert-OH is 1. The summed E-state index contributed by atoms with van der Waals surface area (Å²) in [7, 11) is 0. The van der Waals surface area contributed by atoms with E-state index in [1.807, 2.05) is 39.0 Å². The Morgan fingerprint density at radius 1 is 1.21 bits per heavy atom. The number of aliphatic hydroxyl groups is 1. The second-order valence-corrected chi connectivity index (χ2v) is 10.4. The van der Waals surface area contributed by atoms with Crippen molar-refractivity contribution in [2.75, 3.05) is 26.2 Å². The average Bonchev–Trinajstić information content (AvgIpc) is 3.10. The zero-order chi connectivity index (χ0) is 23.6. The van der Waals surface area contributed by atoms with Gasteiger partial charge in [0.15, 0.2) is 0 Å². The van der Waals surface area contributed by atoms with Crippen molar-refractivity contribution in [3.05, 3.63) is 58.6 Å². The fourth-order valence-electron chi connectivity index (χ4n) is 4.46. The van der Waals surface area contributed by atoms with Crippen LogP contribution in [0.1, 0.15) is 49.5 Å². The van der Waals surface area contributed by atoms with Crippen molar-refractivity contribution in [1.29, 1.82) is 0 Å². The lowest BCUT2D eigenvalue weighted by atomic mass is 9.87. The minimum absolute atomic E-state index is 0.0991. The second-order valence-electron chi connectivity index (χ2n) is 9.98. The van der Waals surface area contributed by atoms with Gasteiger partial charge in [-0.1, -0.05) is 23.7 Å². The van der Waals surface area contributed by atoms with Crippen molar-refractivity contribution in [3.8, 4) is 11.5 Å². The number of fused-ring (bicyclic) bond motifs is 1. The van der Waals surface area contributed by atoms with Crippen LogP contribution in [0.4, 0.5) is 0 Å². The smallest absolute Gasteiger partial charge is 0.342 e. The van der Waals surface area contributed by atoms with Crippen molar-refractivity contribution in [2.24, 2.45) is 0 Å². The quantitative estimate of drug-likeness (QED) is 0.623. The van der Waals surface area contributed by atoms with Crippen LogP contribution in [0, 0.1) is 0 Å². The highest BCUT2D eigenvalue weighted by Gasteiger charge is 2.42. The van der Waals surface area contributed by atoms with E-state index in [0.29, 0.717) is 17.9 Å². The zero-order valence-corrected chi connectivity index (χ0v) is 20.2. The van der Waals surface area contributed by atoms with E-state index in [0.717, 1.165) is 43.1 Å². The minimum Gasteiger partial charge on any atom is -0.490 e. The van der Waals surface area contributed by atoms with E-state index < -0.39 is 17.7 Å². The van der Waals surface area contributed by atoms with E-state index in [-0.39, 0.29) is 12.2 Å². The van der Waals surface area contributed by atoms with Gasteiger partial charge in [0.05, 0.1) is 0 Å². The van der Waals surface area contributed by atoms with E-state index in [2.05, 4.69) is 4.90 Å². The Morgan fingerprint density at radius 2 is 1.94 bits per heavy atom. The molecule has 0 saturated carbocycles. The van der Waals surface area contributed by atoms with Crippen LogP contribution in [0.5, 0.6) is 11.5 Å². The predicted molar refractivity (Wildman–Crippen MR) is 127 cm³/mol. The number of carbonyl (C=O) groups excluding carboxylic acids is 1. The van der Waals surface area contributed by atoms with Gasteiger partial charge in [0, 0.05) is 43.9 Å². The Morgan fingerprint density at radius 3 is 2.67 bits per heavy atom. The Balaban J connectivity index is 1.27. The highest BCUT2D eigenvalue weighted by molar-refractivity contribution is 6.30. The molecule has 1 atom stereocenters. The first-order chi connectivity index (χ1) is 15.6. The molecule has 2 aromatic carbocycles. The molecule has 6 nitrogen and oxygen atoms in total. The van der Waals surface area contributed by atoms with Crippen molar-refractivity contribution >= 4 is 17.6 Å². The number of benzene rings is 2. The molecule has 4 rings (SSSR count). The number of carbonyl (C=O) groups is 1. The minimum atomic E-state index is -0.675. The first kappa shape index (κ1) is 23.9. The molecule has 1 fully saturated rings. The lowest BCUT2D eigenvalue weighted by Crippen LogP contribution is -2.49. The number of nitrogens with zero attached hydrogens (tertiary/aromatic N) is 1. The van der Waals surface area contributed by atoms with Gasteiger partial charge in [-0.25, -0.2) is 4.79 Å². The van der Waals surface area contributed by atoms with Crippen molar-refractivity contribution in [1.82, 2.24) is 4.90 Å². The summed E-state index contributed by atoms with van der Waals surface area (Å²) in [6, 6.07) is 12.8. The summed E-state index contributed by atoms with van der Waals surface area (Å²) in [5, 5.41) is 11.3. The fourth-order valence-corrected chi connectivity index (χ4v) is 4.65. The molecule has 1 spiro atoms. The molecule has 2 aliphatic heterocycles. The molecule has 0 bridgehead atoms. The van der Waals surface area contributed by atoms with Crippen LogP contribution in [-0.2, 0) is 11.2 Å². The molecule has 0 unspecified atom stereocenters. The van der Waals surface area contributed by atoms with E-state index in [1.54, 1.807) is 24.3 Å². The number of ether oxygens (including phenoxy) is 3. The lowest BCUT2D eigenvalue weighted by molar-refractivity contribution is -0.00253. The Kier molecular flexibility index (Phi) is 6.89. The number of β-amino-alcohol motifs (C(OH)–C–C–N with tert-alkyl or cyclic N) is 1. The summed E-state index contributed by atoms with van der Waals surface area (Å²) >= 11 is 6.13. The number of rotatable bonds is 6. The first-order valence-electron chi connectivity index (χ1n) is 11.5. The number of para-hydroxylation sites is 1. The van der Waals surface area contributed by atoms with Gasteiger partial charge in [0.1, 0.15) is 41.0 Å². The van der Waals surface area contributed by atoms with Gasteiger partial charge in [0.2, 0.25) is 0 Å². The standard InChI is InChI=1S/C26H32ClNO5/c1-25(2,3)33-24(30)21-6-4-5-7-23(21)31-17-20(29)16-28-12-10-26(11-13-28)15-18-14-19(27)8-9-22(18)32-26/h4-9,14,20,29H,10-13,15-17H2,1-3H3/t20-/m1/s1. The van der Waals surface area contributed by atoms with E-state index in [9.17, 15) is 9.90 Å². The number of hydrogen-bond donors (Lipinski definition) is 1. The van der Waals surface area contributed by atoms with Crippen LogP contribution in [-0.4, -0.2) is 59.5 Å². The third kappa shape index (κ3) is 5.99. The third-order valence-electron chi connectivity index (χ3n) is 6.03. The van der Waals surface area contributed by atoms with Crippen LogP contribution in [0.3, 0.4) is 0 Å². The first-order valence-corrected chi connectivity index (χ1v) is 11.8. The van der Waals surface area contributed by atoms with Crippen LogP contribution in [0.25, 0.3) is 0 Å². The molecule has 0 amide bonds. The SMILES string of the molecule is CC(C)(C)OC(=O)c1ccccc1OC[C@H](O)CN1CCC2(CC1)Cc1cc(Cl)ccc1O2. The number of esters is 1. The predicted octanol–water partition coefficient (Wildman–Crippen LogP) is 4.50. The van der Waals surface area contributed by atoms with E-state index >= 15 is 0 Å². The number of halogens is 1. The topological polar surface area (TPSA) is 68.2 Å². The normalized spacial score (nSPS) is 18.5.